The first kappa shape index (κ1) is 21.8. The fraction of sp³-hybridized carbons (Fsp3) is 0.318. The molecular formula is C22H21ClO8. The van der Waals surface area contributed by atoms with Crippen LogP contribution >= 0.6 is 11.6 Å². The number of rotatable bonds is 5. The Bertz CT molecular complexity index is 1110. The summed E-state index contributed by atoms with van der Waals surface area (Å²) in [4.78, 5) is 12.8. The van der Waals surface area contributed by atoms with Crippen LogP contribution in [0.1, 0.15) is 0 Å². The van der Waals surface area contributed by atoms with Crippen LogP contribution in [-0.4, -0.2) is 64.2 Å². The first-order chi connectivity index (χ1) is 14.9. The monoisotopic (exact) mass is 448 g/mol. The average Bonchev–Trinajstić information content (AvgIpc) is 2.78. The molecule has 2 aromatic carbocycles. The zero-order valence-electron chi connectivity index (χ0n) is 16.2. The molecule has 2 heterocycles. The lowest BCUT2D eigenvalue weighted by molar-refractivity contribution is -0.234. The maximum absolute atomic E-state index is 12.8. The standard InChI is InChI=1S/C22H21ClO8/c23-12-3-1-11(2-4-12)15-9-30-16-7-13(5-6-14(16)19(15)25)29-10-18-21(27)22(28)20(26)17(8-24)31-18/h1-7,9,17-18,20-22,24,26-28H,8,10H2. The molecule has 9 heteroatoms. The second-order valence-corrected chi connectivity index (χ2v) is 7.76. The lowest BCUT2D eigenvalue weighted by atomic mass is 9.95. The molecule has 1 aliphatic heterocycles. The van der Waals surface area contributed by atoms with E-state index in [2.05, 4.69) is 0 Å². The molecule has 1 saturated heterocycles. The van der Waals surface area contributed by atoms with E-state index in [1.807, 2.05) is 0 Å². The molecule has 31 heavy (non-hydrogen) atoms. The molecule has 164 valence electrons. The molecule has 4 rings (SSSR count). The molecule has 4 N–H and O–H groups in total. The molecule has 0 radical (unpaired) electrons. The third-order valence-electron chi connectivity index (χ3n) is 5.31. The van der Waals surface area contributed by atoms with Crippen LogP contribution in [-0.2, 0) is 4.74 Å². The van der Waals surface area contributed by atoms with E-state index in [1.165, 1.54) is 12.3 Å². The van der Waals surface area contributed by atoms with E-state index in [4.69, 9.17) is 25.5 Å². The van der Waals surface area contributed by atoms with Crippen LogP contribution in [0.15, 0.2) is 57.9 Å². The Morgan fingerprint density at radius 3 is 2.39 bits per heavy atom. The maximum Gasteiger partial charge on any atom is 0.200 e. The predicted molar refractivity (Wildman–Crippen MR) is 112 cm³/mol. The van der Waals surface area contributed by atoms with E-state index >= 15 is 0 Å². The fourth-order valence-electron chi connectivity index (χ4n) is 3.52. The largest absolute Gasteiger partial charge is 0.491 e. The number of aliphatic hydroxyl groups is 4. The number of hydrogen-bond donors (Lipinski definition) is 4. The molecule has 0 saturated carbocycles. The Balaban J connectivity index is 1.53. The van der Waals surface area contributed by atoms with Gasteiger partial charge in [0.25, 0.3) is 0 Å². The molecule has 1 aromatic heterocycles. The van der Waals surface area contributed by atoms with Gasteiger partial charge in [-0.3, -0.25) is 4.79 Å². The van der Waals surface area contributed by atoms with Gasteiger partial charge in [-0.1, -0.05) is 23.7 Å². The fourth-order valence-corrected chi connectivity index (χ4v) is 3.65. The van der Waals surface area contributed by atoms with Crippen molar-refractivity contribution in [2.24, 2.45) is 0 Å². The molecular weight excluding hydrogens is 428 g/mol. The van der Waals surface area contributed by atoms with Crippen molar-refractivity contribution in [1.29, 1.82) is 0 Å². The van der Waals surface area contributed by atoms with E-state index in [1.54, 1.807) is 36.4 Å². The highest BCUT2D eigenvalue weighted by Crippen LogP contribution is 2.26. The van der Waals surface area contributed by atoms with Gasteiger partial charge in [0, 0.05) is 11.1 Å². The first-order valence-electron chi connectivity index (χ1n) is 9.64. The quantitative estimate of drug-likeness (QED) is 0.460. The molecule has 8 nitrogen and oxygen atoms in total. The zero-order valence-corrected chi connectivity index (χ0v) is 17.0. The Morgan fingerprint density at radius 1 is 0.968 bits per heavy atom. The highest BCUT2D eigenvalue weighted by molar-refractivity contribution is 6.30. The van der Waals surface area contributed by atoms with Crippen LogP contribution in [0.5, 0.6) is 5.75 Å². The van der Waals surface area contributed by atoms with Crippen LogP contribution in [0, 0.1) is 0 Å². The minimum Gasteiger partial charge on any atom is -0.491 e. The van der Waals surface area contributed by atoms with Gasteiger partial charge in [-0.15, -0.1) is 0 Å². The SMILES string of the molecule is O=c1c(-c2ccc(Cl)cc2)coc2cc(OCC3OC(CO)C(O)C(O)C3O)ccc12. The highest BCUT2D eigenvalue weighted by atomic mass is 35.5. The number of benzene rings is 2. The summed E-state index contributed by atoms with van der Waals surface area (Å²) in [6.45, 7) is -0.668. The minimum absolute atomic E-state index is 0.153. The summed E-state index contributed by atoms with van der Waals surface area (Å²) in [5.74, 6) is 0.354. The lowest BCUT2D eigenvalue weighted by Gasteiger charge is -2.39. The van der Waals surface area contributed by atoms with Gasteiger partial charge in [-0.2, -0.15) is 0 Å². The van der Waals surface area contributed by atoms with Gasteiger partial charge >= 0.3 is 0 Å². The zero-order chi connectivity index (χ0) is 22.1. The average molecular weight is 449 g/mol. The molecule has 0 bridgehead atoms. The maximum atomic E-state index is 12.8. The first-order valence-corrected chi connectivity index (χ1v) is 10.0. The second-order valence-electron chi connectivity index (χ2n) is 7.32. The molecule has 0 amide bonds. The van der Waals surface area contributed by atoms with Crippen molar-refractivity contribution in [3.8, 4) is 16.9 Å². The van der Waals surface area contributed by atoms with E-state index in [0.717, 1.165) is 0 Å². The molecule has 3 aromatic rings. The molecule has 5 unspecified atom stereocenters. The molecule has 1 fully saturated rings. The summed E-state index contributed by atoms with van der Waals surface area (Å²) in [5.41, 5.74) is 1.19. The number of fused-ring (bicyclic) bond motifs is 1. The van der Waals surface area contributed by atoms with Crippen LogP contribution in [0.25, 0.3) is 22.1 Å². The van der Waals surface area contributed by atoms with Gasteiger partial charge in [0.2, 0.25) is 0 Å². The van der Waals surface area contributed by atoms with Gasteiger partial charge in [0.05, 0.1) is 17.6 Å². The van der Waals surface area contributed by atoms with Crippen molar-refractivity contribution >= 4 is 22.6 Å². The van der Waals surface area contributed by atoms with Gasteiger partial charge in [0.15, 0.2) is 5.43 Å². The Morgan fingerprint density at radius 2 is 1.68 bits per heavy atom. The number of aliphatic hydroxyl groups excluding tert-OH is 4. The van der Waals surface area contributed by atoms with E-state index in [-0.39, 0.29) is 12.0 Å². The normalized spacial score (nSPS) is 26.2. The smallest absolute Gasteiger partial charge is 0.200 e. The predicted octanol–water partition coefficient (Wildman–Crippen LogP) is 1.33. The van der Waals surface area contributed by atoms with Crippen LogP contribution in [0.4, 0.5) is 0 Å². The summed E-state index contributed by atoms with van der Waals surface area (Å²) in [7, 11) is 0. The van der Waals surface area contributed by atoms with Crippen LogP contribution in [0.2, 0.25) is 5.02 Å². The number of hydrogen-bond acceptors (Lipinski definition) is 8. The Kier molecular flexibility index (Phi) is 6.29. The summed E-state index contributed by atoms with van der Waals surface area (Å²) >= 11 is 5.90. The van der Waals surface area contributed by atoms with Crippen molar-refractivity contribution in [1.82, 2.24) is 0 Å². The van der Waals surface area contributed by atoms with Crippen molar-refractivity contribution in [3.05, 3.63) is 64.0 Å². The van der Waals surface area contributed by atoms with Gasteiger partial charge < -0.3 is 34.3 Å². The highest BCUT2D eigenvalue weighted by Gasteiger charge is 2.43. The number of halogens is 1. The van der Waals surface area contributed by atoms with Crippen LogP contribution in [0.3, 0.4) is 0 Å². The molecule has 0 aliphatic carbocycles. The molecule has 1 aliphatic rings. The Labute approximate surface area is 181 Å². The summed E-state index contributed by atoms with van der Waals surface area (Å²) in [5, 5.41) is 40.0. The lowest BCUT2D eigenvalue weighted by Crippen LogP contribution is -2.59. The van der Waals surface area contributed by atoms with Crippen molar-refractivity contribution in [2.75, 3.05) is 13.2 Å². The third kappa shape index (κ3) is 4.31. The van der Waals surface area contributed by atoms with Crippen molar-refractivity contribution < 1.29 is 34.3 Å². The summed E-state index contributed by atoms with van der Waals surface area (Å²) < 4.78 is 16.7. The molecule has 0 spiro atoms. The van der Waals surface area contributed by atoms with Crippen LogP contribution < -0.4 is 10.2 Å². The minimum atomic E-state index is -1.47. The molecule has 5 atom stereocenters. The topological polar surface area (TPSA) is 130 Å². The second kappa shape index (κ2) is 8.96. The van der Waals surface area contributed by atoms with Crippen molar-refractivity contribution in [3.63, 3.8) is 0 Å². The van der Waals surface area contributed by atoms with E-state index in [9.17, 15) is 25.2 Å². The van der Waals surface area contributed by atoms with Gasteiger partial charge in [0.1, 0.15) is 54.7 Å². The third-order valence-corrected chi connectivity index (χ3v) is 5.56. The van der Waals surface area contributed by atoms with E-state index in [0.29, 0.717) is 32.9 Å². The Hall–Kier alpha value is -2.46. The summed E-state index contributed by atoms with van der Waals surface area (Å²) in [6.07, 6.45) is -4.90. The van der Waals surface area contributed by atoms with Gasteiger partial charge in [-0.05, 0) is 29.8 Å². The van der Waals surface area contributed by atoms with E-state index < -0.39 is 37.1 Å². The van der Waals surface area contributed by atoms with Gasteiger partial charge in [-0.25, -0.2) is 0 Å². The van der Waals surface area contributed by atoms with Crippen molar-refractivity contribution in [2.45, 2.75) is 30.5 Å². The summed E-state index contributed by atoms with van der Waals surface area (Å²) in [6, 6.07) is 11.5. The number of ether oxygens (including phenoxy) is 2.